The molecular weight excluding hydrogens is 606 g/mol. The van der Waals surface area contributed by atoms with Crippen LogP contribution < -0.4 is 20.3 Å². The van der Waals surface area contributed by atoms with Crippen molar-refractivity contribution in [2.45, 2.75) is 26.1 Å². The number of hydrogen-bond acceptors (Lipinski definition) is 5. The maximum absolute atomic E-state index is 15.1. The van der Waals surface area contributed by atoms with Crippen molar-refractivity contribution < 1.29 is 36.7 Å². The Kier molecular flexibility index (Phi) is 10.00. The van der Waals surface area contributed by atoms with Crippen LogP contribution in [-0.2, 0) is 13.1 Å². The average Bonchev–Trinajstić information content (AvgIpc) is 2.98. The van der Waals surface area contributed by atoms with Crippen molar-refractivity contribution in [2.75, 3.05) is 39.1 Å². The van der Waals surface area contributed by atoms with E-state index in [-0.39, 0.29) is 34.1 Å². The molecule has 0 aromatic heterocycles. The number of nitrogens with one attached hydrogen (secondary N) is 2. The molecule has 1 aliphatic rings. The van der Waals surface area contributed by atoms with Gasteiger partial charge in [0.05, 0.1) is 23.3 Å². The van der Waals surface area contributed by atoms with Crippen LogP contribution >= 0.6 is 11.6 Å². The molecule has 0 radical (unpaired) electrons. The number of hydrogen-bond donors (Lipinski definition) is 2. The number of halogens is 5. The van der Waals surface area contributed by atoms with Gasteiger partial charge in [-0.05, 0) is 43.8 Å². The summed E-state index contributed by atoms with van der Waals surface area (Å²) in [4.78, 5) is 42.9. The molecule has 3 aromatic rings. The summed E-state index contributed by atoms with van der Waals surface area (Å²) in [7, 11) is 4.82. The van der Waals surface area contributed by atoms with Crippen LogP contribution in [0.15, 0.2) is 42.5 Å². The number of nitrogens with zero attached hydrogens (tertiary/aromatic N) is 3. The summed E-state index contributed by atoms with van der Waals surface area (Å²) in [5.41, 5.74) is 0.291. The molecular formula is C30H30ClF4N5O4. The zero-order valence-corrected chi connectivity index (χ0v) is 25.1. The lowest BCUT2D eigenvalue weighted by Gasteiger charge is -2.40. The van der Waals surface area contributed by atoms with Gasteiger partial charge in [-0.2, -0.15) is 0 Å². The molecule has 9 nitrogen and oxygen atoms in total. The Balaban J connectivity index is 1.63. The first-order valence-electron chi connectivity index (χ1n) is 13.5. The van der Waals surface area contributed by atoms with Gasteiger partial charge in [0.1, 0.15) is 23.3 Å². The Hall–Kier alpha value is -4.36. The first-order chi connectivity index (χ1) is 20.8. The lowest BCUT2D eigenvalue weighted by molar-refractivity contribution is 0.0950. The molecule has 1 aliphatic heterocycles. The van der Waals surface area contributed by atoms with E-state index in [1.54, 1.807) is 27.1 Å². The number of carbonyl (C=O) groups excluding carboxylic acids is 3. The predicted molar refractivity (Wildman–Crippen MR) is 156 cm³/mol. The Morgan fingerprint density at radius 3 is 2.36 bits per heavy atom. The number of amides is 4. The largest absolute Gasteiger partial charge is 0.415 e. The van der Waals surface area contributed by atoms with Crippen molar-refractivity contribution >= 4 is 35.3 Å². The Morgan fingerprint density at radius 1 is 1.02 bits per heavy atom. The van der Waals surface area contributed by atoms with Gasteiger partial charge in [0.15, 0.2) is 5.75 Å². The first-order valence-corrected chi connectivity index (χ1v) is 13.9. The fraction of sp³-hybridized carbons (Fsp3) is 0.300. The number of anilines is 1. The van der Waals surface area contributed by atoms with Gasteiger partial charge >= 0.3 is 12.1 Å². The van der Waals surface area contributed by atoms with E-state index in [1.165, 1.54) is 39.9 Å². The van der Waals surface area contributed by atoms with Crippen LogP contribution in [0.2, 0.25) is 5.02 Å². The van der Waals surface area contributed by atoms with Gasteiger partial charge in [-0.25, -0.2) is 27.2 Å². The van der Waals surface area contributed by atoms with Crippen molar-refractivity contribution in [3.05, 3.63) is 93.0 Å². The Bertz CT molecular complexity index is 1580. The molecule has 0 fully saturated rings. The minimum Gasteiger partial charge on any atom is -0.409 e. The first kappa shape index (κ1) is 32.6. The Labute approximate surface area is 256 Å². The molecule has 0 saturated carbocycles. The zero-order valence-electron chi connectivity index (χ0n) is 24.3. The summed E-state index contributed by atoms with van der Waals surface area (Å²) in [6.45, 7) is 1.68. The average molecular weight is 636 g/mol. The van der Waals surface area contributed by atoms with Gasteiger partial charge < -0.3 is 25.2 Å². The van der Waals surface area contributed by atoms with E-state index in [2.05, 4.69) is 10.6 Å². The second kappa shape index (κ2) is 13.5. The zero-order chi connectivity index (χ0) is 32.3. The van der Waals surface area contributed by atoms with Gasteiger partial charge in [-0.3, -0.25) is 9.69 Å². The maximum Gasteiger partial charge on any atom is 0.415 e. The number of urea groups is 1. The standard InChI is InChI=1S/C30H30ClF4N5O4/c1-16-19-6-5-17(28(41)37-14-20-23(34)12-18(32)13-24(20)35)11-25(19)40(29(42)39(16)4)15-21-22(33)7-8-26(27(21)31)44-30(43)38(3)10-9-36-2/h5-8,11-13,16,36H,9-10,14-15H2,1-4H3,(H,37,41)/t16-/m0/s1. The highest BCUT2D eigenvalue weighted by molar-refractivity contribution is 6.33. The quantitative estimate of drug-likeness (QED) is 0.298. The van der Waals surface area contributed by atoms with Crippen LogP contribution in [0.3, 0.4) is 0 Å². The van der Waals surface area contributed by atoms with Gasteiger partial charge in [-0.1, -0.05) is 17.7 Å². The van der Waals surface area contributed by atoms with Crippen molar-refractivity contribution in [1.29, 1.82) is 0 Å². The fourth-order valence-corrected chi connectivity index (χ4v) is 4.86. The number of carbonyl (C=O) groups is 3. The van der Waals surface area contributed by atoms with E-state index in [1.807, 2.05) is 0 Å². The summed E-state index contributed by atoms with van der Waals surface area (Å²) in [5.74, 6) is -4.99. The molecule has 0 saturated heterocycles. The second-order valence-corrected chi connectivity index (χ2v) is 10.6. The molecule has 234 valence electrons. The van der Waals surface area contributed by atoms with Gasteiger partial charge in [-0.15, -0.1) is 0 Å². The van der Waals surface area contributed by atoms with Crippen LogP contribution in [0.4, 0.5) is 32.8 Å². The maximum atomic E-state index is 15.1. The van der Waals surface area contributed by atoms with Gasteiger partial charge in [0.2, 0.25) is 0 Å². The topological polar surface area (TPSA) is 94.2 Å². The third-order valence-electron chi connectivity index (χ3n) is 7.35. The van der Waals surface area contributed by atoms with Crippen LogP contribution in [0.1, 0.15) is 40.0 Å². The molecule has 4 amide bonds. The highest BCUT2D eigenvalue weighted by atomic mass is 35.5. The van der Waals surface area contributed by atoms with Crippen molar-refractivity contribution in [3.63, 3.8) is 0 Å². The summed E-state index contributed by atoms with van der Waals surface area (Å²) >= 11 is 6.49. The SMILES string of the molecule is CNCCN(C)C(=O)Oc1ccc(F)c(CN2C(=O)N(C)[C@@H](C)c3ccc(C(=O)NCc4c(F)cc(F)cc4F)cc32)c1Cl. The van der Waals surface area contributed by atoms with Crippen LogP contribution in [-0.4, -0.2) is 62.1 Å². The van der Waals surface area contributed by atoms with E-state index in [4.69, 9.17) is 16.3 Å². The highest BCUT2D eigenvalue weighted by Crippen LogP contribution is 2.39. The summed E-state index contributed by atoms with van der Waals surface area (Å²) < 4.78 is 61.9. The summed E-state index contributed by atoms with van der Waals surface area (Å²) in [5, 5.41) is 5.08. The fourth-order valence-electron chi connectivity index (χ4n) is 4.60. The van der Waals surface area contributed by atoms with Gasteiger partial charge in [0.25, 0.3) is 5.91 Å². The molecule has 0 spiro atoms. The molecule has 14 heteroatoms. The van der Waals surface area contributed by atoms with Crippen LogP contribution in [0.25, 0.3) is 0 Å². The van der Waals surface area contributed by atoms with Gasteiger partial charge in [0, 0.05) is 62.6 Å². The molecule has 2 N–H and O–H groups in total. The van der Waals surface area contributed by atoms with E-state index in [0.717, 1.165) is 6.07 Å². The predicted octanol–water partition coefficient (Wildman–Crippen LogP) is 5.61. The molecule has 0 bridgehead atoms. The lowest BCUT2D eigenvalue weighted by atomic mass is 9.98. The minimum absolute atomic E-state index is 0.0417. The number of likely N-dealkylation sites (N-methyl/N-ethyl adjacent to an activating group) is 2. The second-order valence-electron chi connectivity index (χ2n) is 10.2. The van der Waals surface area contributed by atoms with Crippen LogP contribution in [0, 0.1) is 23.3 Å². The van der Waals surface area contributed by atoms with E-state index >= 15 is 4.39 Å². The third-order valence-corrected chi connectivity index (χ3v) is 7.77. The molecule has 4 rings (SSSR count). The monoisotopic (exact) mass is 635 g/mol. The number of benzene rings is 3. The lowest BCUT2D eigenvalue weighted by Crippen LogP contribution is -2.46. The highest BCUT2D eigenvalue weighted by Gasteiger charge is 2.35. The number of ether oxygens (including phenoxy) is 1. The summed E-state index contributed by atoms with van der Waals surface area (Å²) in [6.07, 6.45) is -0.719. The third kappa shape index (κ3) is 6.73. The normalized spacial score (nSPS) is 14.4. The van der Waals surface area contributed by atoms with Crippen molar-refractivity contribution in [3.8, 4) is 5.75 Å². The van der Waals surface area contributed by atoms with E-state index < -0.39 is 59.5 Å². The molecule has 0 unspecified atom stereocenters. The summed E-state index contributed by atoms with van der Waals surface area (Å²) in [6, 6.07) is 6.83. The molecule has 1 atom stereocenters. The Morgan fingerprint density at radius 2 is 1.70 bits per heavy atom. The van der Waals surface area contributed by atoms with Crippen molar-refractivity contribution in [1.82, 2.24) is 20.4 Å². The molecule has 0 aliphatic carbocycles. The molecule has 44 heavy (non-hydrogen) atoms. The molecule has 1 heterocycles. The smallest absolute Gasteiger partial charge is 0.409 e. The van der Waals surface area contributed by atoms with E-state index in [9.17, 15) is 27.6 Å². The van der Waals surface area contributed by atoms with Crippen molar-refractivity contribution in [2.24, 2.45) is 0 Å². The van der Waals surface area contributed by atoms with E-state index in [0.29, 0.717) is 30.8 Å². The minimum atomic E-state index is -1.15. The molecule has 3 aromatic carbocycles. The number of rotatable bonds is 9. The van der Waals surface area contributed by atoms with Crippen LogP contribution in [0.5, 0.6) is 5.75 Å². The number of fused-ring (bicyclic) bond motifs is 1.